The van der Waals surface area contributed by atoms with E-state index < -0.39 is 0 Å². The predicted molar refractivity (Wildman–Crippen MR) is 114 cm³/mol. The minimum absolute atomic E-state index is 0.0251. The quantitative estimate of drug-likeness (QED) is 0.584. The van der Waals surface area contributed by atoms with Gasteiger partial charge < -0.3 is 4.74 Å². The minimum Gasteiger partial charge on any atom is -0.458 e. The van der Waals surface area contributed by atoms with Gasteiger partial charge in [0.1, 0.15) is 6.10 Å². The molecule has 0 heterocycles. The highest BCUT2D eigenvalue weighted by Crippen LogP contribution is 2.56. The molecule has 0 amide bonds. The van der Waals surface area contributed by atoms with Gasteiger partial charge in [0.05, 0.1) is 0 Å². The van der Waals surface area contributed by atoms with Crippen molar-refractivity contribution in [2.75, 3.05) is 0 Å². The van der Waals surface area contributed by atoms with Gasteiger partial charge in [0, 0.05) is 6.42 Å². The molecule has 0 N–H and O–H groups in total. The van der Waals surface area contributed by atoms with E-state index in [1.807, 2.05) is 6.92 Å². The lowest BCUT2D eigenvalue weighted by Crippen LogP contribution is -2.26. The van der Waals surface area contributed by atoms with Gasteiger partial charge in [-0.1, -0.05) is 44.2 Å². The van der Waals surface area contributed by atoms with E-state index >= 15 is 0 Å². The van der Waals surface area contributed by atoms with E-state index in [4.69, 9.17) is 4.74 Å². The molecule has 0 spiro atoms. The zero-order chi connectivity index (χ0) is 19.4. The van der Waals surface area contributed by atoms with Gasteiger partial charge >= 0.3 is 5.97 Å². The Morgan fingerprint density at radius 2 is 2.04 bits per heavy atom. The van der Waals surface area contributed by atoms with Crippen LogP contribution in [0.2, 0.25) is 0 Å². The molecule has 2 nitrogen and oxygen atoms in total. The standard InChI is InChI=1S/C26H30O2/c1-15-16(2)24-13-21(15)12-23(24)14-25(27)28-17(3)22-10-19-8-4-6-18-7-5-9-20(11-22)26(18)19/h4-6,8-11,15-17,21,23-24H,7,12-14H2,1-3H3. The molecule has 0 saturated heterocycles. The number of fused-ring (bicyclic) bond motifs is 2. The number of esters is 1. The monoisotopic (exact) mass is 374 g/mol. The normalized spacial score (nSPS) is 31.3. The molecule has 0 radical (unpaired) electrons. The Balaban J connectivity index is 1.30. The largest absolute Gasteiger partial charge is 0.458 e. The van der Waals surface area contributed by atoms with E-state index in [0.29, 0.717) is 12.3 Å². The second-order valence-corrected chi connectivity index (χ2v) is 9.44. The van der Waals surface area contributed by atoms with Gasteiger partial charge in [0.25, 0.3) is 0 Å². The zero-order valence-electron chi connectivity index (χ0n) is 17.2. The number of hydrogen-bond acceptors (Lipinski definition) is 2. The molecule has 3 aliphatic rings. The summed E-state index contributed by atoms with van der Waals surface area (Å²) in [6.45, 7) is 6.77. The molecule has 6 unspecified atom stereocenters. The number of hydrogen-bond donors (Lipinski definition) is 0. The molecule has 2 saturated carbocycles. The van der Waals surface area contributed by atoms with E-state index in [9.17, 15) is 4.79 Å². The van der Waals surface area contributed by atoms with Crippen molar-refractivity contribution < 1.29 is 9.53 Å². The Hall–Kier alpha value is -2.09. The van der Waals surface area contributed by atoms with Crippen LogP contribution in [-0.4, -0.2) is 5.97 Å². The predicted octanol–water partition coefficient (Wildman–Crippen LogP) is 6.33. The first-order valence-electron chi connectivity index (χ1n) is 10.9. The average molecular weight is 375 g/mol. The molecule has 0 aliphatic heterocycles. The molecular weight excluding hydrogens is 344 g/mol. The van der Waals surface area contributed by atoms with Crippen molar-refractivity contribution in [2.45, 2.75) is 52.6 Å². The second kappa shape index (κ2) is 6.76. The third kappa shape index (κ3) is 2.89. The summed E-state index contributed by atoms with van der Waals surface area (Å²) in [6, 6.07) is 10.9. The Kier molecular flexibility index (Phi) is 4.34. The van der Waals surface area contributed by atoms with Crippen molar-refractivity contribution in [3.05, 3.63) is 53.1 Å². The van der Waals surface area contributed by atoms with Crippen LogP contribution in [0.4, 0.5) is 0 Å². The third-order valence-electron chi connectivity index (χ3n) is 7.99. The zero-order valence-corrected chi connectivity index (χ0v) is 17.2. The molecule has 2 heteroatoms. The Bertz CT molecular complexity index is 954. The number of allylic oxidation sites excluding steroid dienone is 1. The topological polar surface area (TPSA) is 26.3 Å². The van der Waals surface area contributed by atoms with Gasteiger partial charge in [-0.3, -0.25) is 4.79 Å². The molecule has 2 aromatic rings. The van der Waals surface area contributed by atoms with E-state index in [-0.39, 0.29) is 12.1 Å². The van der Waals surface area contributed by atoms with Crippen LogP contribution in [0.5, 0.6) is 0 Å². The minimum atomic E-state index is -0.206. The lowest BCUT2D eigenvalue weighted by molar-refractivity contribution is -0.150. The van der Waals surface area contributed by atoms with Crippen molar-refractivity contribution >= 4 is 22.8 Å². The SMILES string of the molecule is CC(OC(=O)CC1CC2CC1C(C)C2C)c1cc2c3c(cccc3c1)CC=C2. The summed E-state index contributed by atoms with van der Waals surface area (Å²) >= 11 is 0. The van der Waals surface area contributed by atoms with Gasteiger partial charge in [-0.25, -0.2) is 0 Å². The van der Waals surface area contributed by atoms with Crippen LogP contribution < -0.4 is 0 Å². The maximum atomic E-state index is 12.7. The van der Waals surface area contributed by atoms with Crippen molar-refractivity contribution in [1.29, 1.82) is 0 Å². The summed E-state index contributed by atoms with van der Waals surface area (Å²) in [6.07, 6.45) is 8.33. The fourth-order valence-electron chi connectivity index (χ4n) is 6.27. The maximum Gasteiger partial charge on any atom is 0.306 e. The smallest absolute Gasteiger partial charge is 0.306 e. The van der Waals surface area contributed by atoms with Crippen molar-refractivity contribution in [3.63, 3.8) is 0 Å². The molecule has 2 bridgehead atoms. The molecule has 6 atom stereocenters. The van der Waals surface area contributed by atoms with Gasteiger partial charge in [-0.05, 0) is 95.4 Å². The molecular formula is C26H30O2. The number of carbonyl (C=O) groups excluding carboxylic acids is 1. The lowest BCUT2D eigenvalue weighted by Gasteiger charge is -2.31. The van der Waals surface area contributed by atoms with Crippen LogP contribution >= 0.6 is 0 Å². The van der Waals surface area contributed by atoms with Crippen LogP contribution in [0.15, 0.2) is 36.4 Å². The second-order valence-electron chi connectivity index (χ2n) is 9.44. The lowest BCUT2D eigenvalue weighted by atomic mass is 9.74. The highest BCUT2D eigenvalue weighted by atomic mass is 16.5. The first-order valence-corrected chi connectivity index (χ1v) is 10.9. The summed E-state index contributed by atoms with van der Waals surface area (Å²) in [5.41, 5.74) is 3.72. The molecule has 2 aromatic carbocycles. The summed E-state index contributed by atoms with van der Waals surface area (Å²) in [5.74, 6) is 3.62. The van der Waals surface area contributed by atoms with Crippen molar-refractivity contribution in [3.8, 4) is 0 Å². The summed E-state index contributed by atoms with van der Waals surface area (Å²) in [5, 5.41) is 2.59. The maximum absolute atomic E-state index is 12.7. The Labute approximate surface area is 168 Å². The molecule has 2 fully saturated rings. The summed E-state index contributed by atoms with van der Waals surface area (Å²) in [7, 11) is 0. The van der Waals surface area contributed by atoms with E-state index in [1.165, 1.54) is 34.7 Å². The first-order chi connectivity index (χ1) is 13.5. The molecule has 3 aliphatic carbocycles. The fourth-order valence-corrected chi connectivity index (χ4v) is 6.27. The highest BCUT2D eigenvalue weighted by Gasteiger charge is 2.49. The van der Waals surface area contributed by atoms with Crippen LogP contribution in [0, 0.1) is 29.6 Å². The number of carbonyl (C=O) groups is 1. The summed E-state index contributed by atoms with van der Waals surface area (Å²) < 4.78 is 5.90. The Morgan fingerprint density at radius 1 is 1.18 bits per heavy atom. The third-order valence-corrected chi connectivity index (χ3v) is 7.99. The van der Waals surface area contributed by atoms with Gasteiger partial charge in [0.2, 0.25) is 0 Å². The van der Waals surface area contributed by atoms with Gasteiger partial charge in [0.15, 0.2) is 0 Å². The number of rotatable bonds is 4. The Morgan fingerprint density at radius 3 is 2.82 bits per heavy atom. The summed E-state index contributed by atoms with van der Waals surface area (Å²) in [4.78, 5) is 12.7. The van der Waals surface area contributed by atoms with E-state index in [0.717, 1.165) is 35.7 Å². The molecule has 0 aromatic heterocycles. The van der Waals surface area contributed by atoms with Gasteiger partial charge in [-0.15, -0.1) is 0 Å². The van der Waals surface area contributed by atoms with Crippen molar-refractivity contribution in [1.82, 2.24) is 0 Å². The average Bonchev–Trinajstić information content (AvgIpc) is 3.21. The molecule has 5 rings (SSSR count). The fraction of sp³-hybridized carbons (Fsp3) is 0.500. The van der Waals surface area contributed by atoms with Gasteiger partial charge in [-0.2, -0.15) is 0 Å². The number of benzene rings is 2. The number of ether oxygens (including phenoxy) is 1. The van der Waals surface area contributed by atoms with Crippen LogP contribution in [-0.2, 0) is 16.0 Å². The molecule has 28 heavy (non-hydrogen) atoms. The van der Waals surface area contributed by atoms with Crippen LogP contribution in [0.25, 0.3) is 16.8 Å². The molecule has 146 valence electrons. The van der Waals surface area contributed by atoms with Crippen LogP contribution in [0.1, 0.15) is 62.8 Å². The van der Waals surface area contributed by atoms with E-state index in [2.05, 4.69) is 56.3 Å². The van der Waals surface area contributed by atoms with E-state index in [1.54, 1.807) is 0 Å². The van der Waals surface area contributed by atoms with Crippen molar-refractivity contribution in [2.24, 2.45) is 29.6 Å². The first kappa shape index (κ1) is 18.0. The highest BCUT2D eigenvalue weighted by molar-refractivity contribution is 5.95. The van der Waals surface area contributed by atoms with Crippen LogP contribution in [0.3, 0.4) is 0 Å².